The number of carbonyl (C=O) groups excluding carboxylic acids is 1. The molecule has 0 aromatic rings. The van der Waals surface area contributed by atoms with E-state index in [2.05, 4.69) is 29.6 Å². The number of allylic oxidation sites excluding steroid dienone is 1. The van der Waals surface area contributed by atoms with Crippen molar-refractivity contribution in [3.8, 4) is 11.8 Å². The smallest absolute Gasteiger partial charge is 0.305 e. The van der Waals surface area contributed by atoms with Gasteiger partial charge in [0.15, 0.2) is 0 Å². The first-order valence-electron chi connectivity index (χ1n) is 9.58. The Kier molecular flexibility index (Phi) is 17.1. The molecule has 24 heavy (non-hydrogen) atoms. The van der Waals surface area contributed by atoms with Gasteiger partial charge in [0.2, 0.25) is 0 Å². The van der Waals surface area contributed by atoms with Crippen molar-refractivity contribution < 1.29 is 14.6 Å². The lowest BCUT2D eigenvalue weighted by molar-refractivity contribution is -0.140. The predicted octanol–water partition coefficient (Wildman–Crippen LogP) is 5.17. The van der Waals surface area contributed by atoms with Crippen LogP contribution < -0.4 is 0 Å². The summed E-state index contributed by atoms with van der Waals surface area (Å²) in [6.45, 7) is 2.15. The zero-order chi connectivity index (χ0) is 17.9. The fourth-order valence-corrected chi connectivity index (χ4v) is 2.37. The molecule has 0 radical (unpaired) electrons. The van der Waals surface area contributed by atoms with Gasteiger partial charge in [0.05, 0.1) is 13.2 Å². The quantitative estimate of drug-likeness (QED) is 0.206. The summed E-state index contributed by atoms with van der Waals surface area (Å²) in [6.07, 6.45) is 17.1. The lowest BCUT2D eigenvalue weighted by Gasteiger charge is -2.03. The molecule has 0 aromatic carbocycles. The van der Waals surface area contributed by atoms with Crippen molar-refractivity contribution in [2.24, 2.45) is 0 Å². The van der Waals surface area contributed by atoms with Crippen molar-refractivity contribution in [2.45, 2.75) is 96.5 Å². The van der Waals surface area contributed by atoms with Crippen LogP contribution in [0.5, 0.6) is 0 Å². The molecule has 0 saturated heterocycles. The van der Waals surface area contributed by atoms with Crippen LogP contribution in [0.3, 0.4) is 0 Å². The SMILES string of the molecule is CCCC[C@@H](O)C=CCCCCCCCC#CCCCC(=O)OC. The second-order valence-electron chi connectivity index (χ2n) is 6.23. The molecule has 138 valence electrons. The van der Waals surface area contributed by atoms with Crippen molar-refractivity contribution in [3.05, 3.63) is 12.2 Å². The largest absolute Gasteiger partial charge is 0.469 e. The van der Waals surface area contributed by atoms with Crippen LogP contribution in [0.15, 0.2) is 12.2 Å². The first-order chi connectivity index (χ1) is 11.7. The molecule has 0 heterocycles. The molecule has 0 aromatic heterocycles. The van der Waals surface area contributed by atoms with Gasteiger partial charge in [-0.15, -0.1) is 11.8 Å². The van der Waals surface area contributed by atoms with Crippen LogP contribution in [0.1, 0.15) is 90.4 Å². The van der Waals surface area contributed by atoms with Gasteiger partial charge in [-0.3, -0.25) is 4.79 Å². The zero-order valence-corrected chi connectivity index (χ0v) is 15.7. The lowest BCUT2D eigenvalue weighted by Crippen LogP contribution is -2.00. The van der Waals surface area contributed by atoms with Crippen molar-refractivity contribution in [1.82, 2.24) is 0 Å². The Morgan fingerprint density at radius 1 is 1.04 bits per heavy atom. The maximum atomic E-state index is 10.9. The minimum Gasteiger partial charge on any atom is -0.469 e. The molecule has 0 rings (SSSR count). The highest BCUT2D eigenvalue weighted by Gasteiger charge is 1.97. The third kappa shape index (κ3) is 17.1. The summed E-state index contributed by atoms with van der Waals surface area (Å²) in [4.78, 5) is 10.9. The lowest BCUT2D eigenvalue weighted by atomic mass is 10.1. The second kappa shape index (κ2) is 18.1. The molecule has 3 nitrogen and oxygen atoms in total. The number of hydrogen-bond acceptors (Lipinski definition) is 3. The summed E-state index contributed by atoms with van der Waals surface area (Å²) in [5, 5.41) is 9.67. The molecule has 0 unspecified atom stereocenters. The van der Waals surface area contributed by atoms with E-state index in [-0.39, 0.29) is 12.1 Å². The minimum absolute atomic E-state index is 0.151. The molecular weight excluding hydrogens is 300 g/mol. The number of unbranched alkanes of at least 4 members (excludes halogenated alkanes) is 8. The first kappa shape index (κ1) is 22.7. The van der Waals surface area contributed by atoms with E-state index >= 15 is 0 Å². The van der Waals surface area contributed by atoms with Gasteiger partial charge in [0.1, 0.15) is 0 Å². The Bertz CT molecular complexity index is 376. The van der Waals surface area contributed by atoms with Gasteiger partial charge in [-0.05, 0) is 32.1 Å². The standard InChI is InChI=1S/C21H36O3/c1-3-4-17-20(22)18-15-13-11-9-7-5-6-8-10-12-14-16-19-21(23)24-2/h15,18,20,22H,3-9,11,13-14,16-17,19H2,1-2H3/t20-/m1/s1. The van der Waals surface area contributed by atoms with Crippen LogP contribution in [0.4, 0.5) is 0 Å². The number of rotatable bonds is 14. The van der Waals surface area contributed by atoms with E-state index in [4.69, 9.17) is 0 Å². The van der Waals surface area contributed by atoms with E-state index in [1.807, 2.05) is 6.08 Å². The van der Waals surface area contributed by atoms with Gasteiger partial charge in [-0.25, -0.2) is 0 Å². The van der Waals surface area contributed by atoms with Crippen LogP contribution in [0.25, 0.3) is 0 Å². The Labute approximate surface area is 148 Å². The summed E-state index contributed by atoms with van der Waals surface area (Å²) in [6, 6.07) is 0. The van der Waals surface area contributed by atoms with Gasteiger partial charge in [-0.2, -0.15) is 0 Å². The molecule has 0 bridgehead atoms. The van der Waals surface area contributed by atoms with E-state index in [1.54, 1.807) is 0 Å². The van der Waals surface area contributed by atoms with Gasteiger partial charge in [0, 0.05) is 19.3 Å². The normalized spacial score (nSPS) is 12.0. The van der Waals surface area contributed by atoms with E-state index in [0.717, 1.165) is 51.4 Å². The maximum Gasteiger partial charge on any atom is 0.305 e. The minimum atomic E-state index is -0.254. The van der Waals surface area contributed by atoms with Gasteiger partial charge in [-0.1, -0.05) is 51.2 Å². The van der Waals surface area contributed by atoms with Gasteiger partial charge < -0.3 is 9.84 Å². The third-order valence-corrected chi connectivity index (χ3v) is 3.92. The van der Waals surface area contributed by atoms with E-state index in [1.165, 1.54) is 32.8 Å². The molecular formula is C21H36O3. The Balaban J connectivity index is 3.31. The molecule has 0 spiro atoms. The molecule has 0 aliphatic rings. The fraction of sp³-hybridized carbons (Fsp3) is 0.762. The summed E-state index contributed by atoms with van der Waals surface area (Å²) in [5.41, 5.74) is 0. The highest BCUT2D eigenvalue weighted by atomic mass is 16.5. The van der Waals surface area contributed by atoms with Gasteiger partial charge in [0.25, 0.3) is 0 Å². The van der Waals surface area contributed by atoms with Crippen LogP contribution in [0, 0.1) is 11.8 Å². The monoisotopic (exact) mass is 336 g/mol. The number of ether oxygens (including phenoxy) is 1. The molecule has 1 atom stereocenters. The summed E-state index contributed by atoms with van der Waals surface area (Å²) < 4.78 is 4.58. The van der Waals surface area contributed by atoms with Crippen LogP contribution in [-0.2, 0) is 9.53 Å². The molecule has 0 aliphatic carbocycles. The van der Waals surface area contributed by atoms with Gasteiger partial charge >= 0.3 is 5.97 Å². The number of carbonyl (C=O) groups is 1. The number of esters is 1. The first-order valence-corrected chi connectivity index (χ1v) is 9.58. The molecule has 0 aliphatic heterocycles. The maximum absolute atomic E-state index is 10.9. The average Bonchev–Trinajstić information content (AvgIpc) is 2.59. The van der Waals surface area contributed by atoms with Crippen LogP contribution in [-0.4, -0.2) is 24.3 Å². The Morgan fingerprint density at radius 3 is 2.42 bits per heavy atom. The van der Waals surface area contributed by atoms with Crippen LogP contribution in [0.2, 0.25) is 0 Å². The van der Waals surface area contributed by atoms with E-state index < -0.39 is 0 Å². The topological polar surface area (TPSA) is 46.5 Å². The van der Waals surface area contributed by atoms with Crippen molar-refractivity contribution in [3.63, 3.8) is 0 Å². The number of methoxy groups -OCH3 is 1. The Morgan fingerprint density at radius 2 is 1.71 bits per heavy atom. The predicted molar refractivity (Wildman–Crippen MR) is 101 cm³/mol. The Hall–Kier alpha value is -1.27. The zero-order valence-electron chi connectivity index (χ0n) is 15.7. The average molecular weight is 337 g/mol. The van der Waals surface area contributed by atoms with E-state index in [0.29, 0.717) is 6.42 Å². The van der Waals surface area contributed by atoms with Crippen LogP contribution >= 0.6 is 0 Å². The second-order valence-corrected chi connectivity index (χ2v) is 6.23. The molecule has 0 fully saturated rings. The number of aliphatic hydroxyl groups is 1. The highest BCUT2D eigenvalue weighted by Crippen LogP contribution is 2.08. The molecule has 3 heteroatoms. The third-order valence-electron chi connectivity index (χ3n) is 3.92. The number of hydrogen-bond donors (Lipinski definition) is 1. The molecule has 0 amide bonds. The van der Waals surface area contributed by atoms with Crippen molar-refractivity contribution in [1.29, 1.82) is 0 Å². The summed E-state index contributed by atoms with van der Waals surface area (Å²) in [7, 11) is 1.42. The fourth-order valence-electron chi connectivity index (χ4n) is 2.37. The number of aliphatic hydroxyl groups excluding tert-OH is 1. The van der Waals surface area contributed by atoms with E-state index in [9.17, 15) is 9.90 Å². The summed E-state index contributed by atoms with van der Waals surface area (Å²) in [5.74, 6) is 6.14. The molecule has 1 N–H and O–H groups in total. The summed E-state index contributed by atoms with van der Waals surface area (Å²) >= 11 is 0. The van der Waals surface area contributed by atoms with Crippen molar-refractivity contribution in [2.75, 3.05) is 7.11 Å². The highest BCUT2D eigenvalue weighted by molar-refractivity contribution is 5.69. The van der Waals surface area contributed by atoms with Crippen molar-refractivity contribution >= 4 is 5.97 Å². The molecule has 0 saturated carbocycles.